The first-order valence-electron chi connectivity index (χ1n) is 6.57. The van der Waals surface area contributed by atoms with Gasteiger partial charge in [0, 0.05) is 12.5 Å². The predicted molar refractivity (Wildman–Crippen MR) is 75.6 cm³/mol. The van der Waals surface area contributed by atoms with Crippen LogP contribution in [-0.4, -0.2) is 26.1 Å². The summed E-state index contributed by atoms with van der Waals surface area (Å²) in [5, 5.41) is 10.0. The highest BCUT2D eigenvalue weighted by Crippen LogP contribution is 2.40. The highest BCUT2D eigenvalue weighted by atomic mass is 28.4. The van der Waals surface area contributed by atoms with Crippen LogP contribution in [0.2, 0.25) is 18.1 Å². The van der Waals surface area contributed by atoms with E-state index in [1.807, 2.05) is 0 Å². The molecule has 3 heteroatoms. The van der Waals surface area contributed by atoms with Crippen molar-refractivity contribution >= 4 is 8.32 Å². The summed E-state index contributed by atoms with van der Waals surface area (Å²) in [6.45, 7) is 18.2. The molecule has 17 heavy (non-hydrogen) atoms. The van der Waals surface area contributed by atoms with Crippen LogP contribution in [0, 0.1) is 11.8 Å². The lowest BCUT2D eigenvalue weighted by Gasteiger charge is -2.37. The average Bonchev–Trinajstić information content (AvgIpc) is 2.37. The number of hydrogen-bond acceptors (Lipinski definition) is 2. The van der Waals surface area contributed by atoms with Crippen molar-refractivity contribution in [1.82, 2.24) is 0 Å². The lowest BCUT2D eigenvalue weighted by Crippen LogP contribution is -2.42. The molecule has 0 saturated heterocycles. The van der Waals surface area contributed by atoms with Crippen molar-refractivity contribution < 1.29 is 9.53 Å². The fourth-order valence-corrected chi connectivity index (χ4v) is 3.10. The van der Waals surface area contributed by atoms with Crippen LogP contribution < -0.4 is 0 Å². The Kier molecular flexibility index (Phi) is 4.27. The summed E-state index contributed by atoms with van der Waals surface area (Å²) in [4.78, 5) is 0. The van der Waals surface area contributed by atoms with Gasteiger partial charge in [-0.1, -0.05) is 34.3 Å². The molecule has 0 aromatic heterocycles. The van der Waals surface area contributed by atoms with Gasteiger partial charge in [-0.15, -0.1) is 0 Å². The number of rotatable bonds is 3. The first kappa shape index (κ1) is 14.9. The maximum absolute atomic E-state index is 9.78. The molecule has 0 bridgehead atoms. The van der Waals surface area contributed by atoms with Crippen LogP contribution >= 0.6 is 0 Å². The SMILES string of the molecule is C=C1[C@H](O)C[C@H](C)[C@H]1CO[Si](C)(C)C(C)(C)C. The third-order valence-corrected chi connectivity index (χ3v) is 9.12. The third kappa shape index (κ3) is 3.21. The fraction of sp³-hybridized carbons (Fsp3) is 0.857. The molecule has 1 N–H and O–H groups in total. The van der Waals surface area contributed by atoms with E-state index < -0.39 is 8.32 Å². The van der Waals surface area contributed by atoms with E-state index in [0.29, 0.717) is 11.8 Å². The molecule has 0 heterocycles. The lowest BCUT2D eigenvalue weighted by atomic mass is 9.97. The standard InChI is InChI=1S/C14H28O2Si/c1-10-8-13(15)11(2)12(10)9-16-17(6,7)14(3,4)5/h10,12-13,15H,2,8-9H2,1,3-7H3/t10-,12+,13+/m0/s1. The van der Waals surface area contributed by atoms with E-state index in [1.54, 1.807) is 0 Å². The van der Waals surface area contributed by atoms with Crippen molar-refractivity contribution in [1.29, 1.82) is 0 Å². The highest BCUT2D eigenvalue weighted by Gasteiger charge is 2.40. The molecule has 2 nitrogen and oxygen atoms in total. The predicted octanol–water partition coefficient (Wildman–Crippen LogP) is 3.58. The van der Waals surface area contributed by atoms with Crippen LogP contribution in [0.1, 0.15) is 34.1 Å². The van der Waals surface area contributed by atoms with Crippen molar-refractivity contribution in [3.05, 3.63) is 12.2 Å². The van der Waals surface area contributed by atoms with Crippen LogP contribution in [0.4, 0.5) is 0 Å². The zero-order valence-corrected chi connectivity index (χ0v) is 13.2. The Morgan fingerprint density at radius 1 is 1.41 bits per heavy atom. The van der Waals surface area contributed by atoms with Crippen molar-refractivity contribution in [2.75, 3.05) is 6.61 Å². The van der Waals surface area contributed by atoms with Gasteiger partial charge in [-0.2, -0.15) is 0 Å². The lowest BCUT2D eigenvalue weighted by molar-refractivity contribution is 0.210. The Morgan fingerprint density at radius 3 is 2.29 bits per heavy atom. The average molecular weight is 256 g/mol. The Bertz CT molecular complexity index is 291. The van der Waals surface area contributed by atoms with E-state index >= 15 is 0 Å². The summed E-state index contributed by atoms with van der Waals surface area (Å²) in [7, 11) is -1.68. The van der Waals surface area contributed by atoms with Gasteiger partial charge in [0.2, 0.25) is 0 Å². The summed E-state index contributed by atoms with van der Waals surface area (Å²) < 4.78 is 6.23. The first-order chi connectivity index (χ1) is 7.56. The maximum atomic E-state index is 9.78. The van der Waals surface area contributed by atoms with Crippen LogP contribution in [0.25, 0.3) is 0 Å². The van der Waals surface area contributed by atoms with Gasteiger partial charge in [-0.3, -0.25) is 0 Å². The molecule has 3 atom stereocenters. The molecule has 0 spiro atoms. The van der Waals surface area contributed by atoms with E-state index in [4.69, 9.17) is 4.43 Å². The van der Waals surface area contributed by atoms with Gasteiger partial charge in [0.1, 0.15) is 0 Å². The molecule has 1 saturated carbocycles. The Hall–Kier alpha value is -0.123. The van der Waals surface area contributed by atoms with E-state index in [2.05, 4.69) is 47.4 Å². The minimum atomic E-state index is -1.68. The summed E-state index contributed by atoms with van der Waals surface area (Å²) >= 11 is 0. The largest absolute Gasteiger partial charge is 0.416 e. The molecule has 0 aromatic rings. The molecular weight excluding hydrogens is 228 g/mol. The second-order valence-electron chi connectivity index (χ2n) is 6.98. The monoisotopic (exact) mass is 256 g/mol. The van der Waals surface area contributed by atoms with Crippen LogP contribution in [0.3, 0.4) is 0 Å². The molecule has 0 aromatic carbocycles. The molecule has 100 valence electrons. The maximum Gasteiger partial charge on any atom is 0.192 e. The van der Waals surface area contributed by atoms with Crippen LogP contribution in [0.15, 0.2) is 12.2 Å². The van der Waals surface area contributed by atoms with E-state index in [1.165, 1.54) is 0 Å². The molecule has 0 amide bonds. The van der Waals surface area contributed by atoms with Crippen LogP contribution in [0.5, 0.6) is 0 Å². The second kappa shape index (κ2) is 4.86. The van der Waals surface area contributed by atoms with E-state index in [0.717, 1.165) is 18.6 Å². The number of aliphatic hydroxyl groups excluding tert-OH is 1. The van der Waals surface area contributed by atoms with Gasteiger partial charge < -0.3 is 9.53 Å². The zero-order chi connectivity index (χ0) is 13.4. The number of hydrogen-bond donors (Lipinski definition) is 1. The zero-order valence-electron chi connectivity index (χ0n) is 12.2. The minimum absolute atomic E-state index is 0.245. The second-order valence-corrected chi connectivity index (χ2v) is 11.8. The van der Waals surface area contributed by atoms with E-state index in [-0.39, 0.29) is 11.1 Å². The molecule has 0 aliphatic heterocycles. The van der Waals surface area contributed by atoms with Gasteiger partial charge in [-0.05, 0) is 36.0 Å². The molecule has 1 aliphatic carbocycles. The summed E-state index contributed by atoms with van der Waals surface area (Å²) in [5.41, 5.74) is 0.969. The molecule has 0 unspecified atom stereocenters. The fourth-order valence-electron chi connectivity index (χ4n) is 2.07. The Morgan fingerprint density at radius 2 is 1.94 bits per heavy atom. The van der Waals surface area contributed by atoms with Crippen molar-refractivity contribution in [3.8, 4) is 0 Å². The van der Waals surface area contributed by atoms with Crippen molar-refractivity contribution in [2.45, 2.75) is 58.4 Å². The first-order valence-corrected chi connectivity index (χ1v) is 9.48. The quantitative estimate of drug-likeness (QED) is 0.618. The Balaban J connectivity index is 2.60. The van der Waals surface area contributed by atoms with Gasteiger partial charge in [-0.25, -0.2) is 0 Å². The Labute approximate surface area is 107 Å². The smallest absolute Gasteiger partial charge is 0.192 e. The number of aliphatic hydroxyl groups is 1. The highest BCUT2D eigenvalue weighted by molar-refractivity contribution is 6.74. The minimum Gasteiger partial charge on any atom is -0.416 e. The van der Waals surface area contributed by atoms with Gasteiger partial charge in [0.15, 0.2) is 8.32 Å². The van der Waals surface area contributed by atoms with E-state index in [9.17, 15) is 5.11 Å². The molecule has 0 radical (unpaired) electrons. The van der Waals surface area contributed by atoms with Gasteiger partial charge in [0.25, 0.3) is 0 Å². The van der Waals surface area contributed by atoms with Gasteiger partial charge >= 0.3 is 0 Å². The summed E-state index contributed by atoms with van der Waals surface area (Å²) in [6.07, 6.45) is 0.516. The molecule has 1 fully saturated rings. The summed E-state index contributed by atoms with van der Waals surface area (Å²) in [5.74, 6) is 0.821. The summed E-state index contributed by atoms with van der Waals surface area (Å²) in [6, 6.07) is 0. The van der Waals surface area contributed by atoms with Gasteiger partial charge in [0.05, 0.1) is 6.10 Å². The molecule has 1 rings (SSSR count). The molecular formula is C14H28O2Si. The normalized spacial score (nSPS) is 31.0. The van der Waals surface area contributed by atoms with Crippen LogP contribution in [-0.2, 0) is 4.43 Å². The third-order valence-electron chi connectivity index (χ3n) is 4.62. The van der Waals surface area contributed by atoms with Crippen molar-refractivity contribution in [2.24, 2.45) is 11.8 Å². The topological polar surface area (TPSA) is 29.5 Å². The van der Waals surface area contributed by atoms with Crippen molar-refractivity contribution in [3.63, 3.8) is 0 Å². The molecule has 1 aliphatic rings.